The van der Waals surface area contributed by atoms with Gasteiger partial charge in [-0.1, -0.05) is 32.9 Å². The van der Waals surface area contributed by atoms with Crippen molar-refractivity contribution in [1.82, 2.24) is 9.80 Å². The number of aliphatic hydroxyl groups is 1. The van der Waals surface area contributed by atoms with E-state index in [1.165, 1.54) is 4.90 Å². The molecule has 3 atom stereocenters. The lowest BCUT2D eigenvalue weighted by Crippen LogP contribution is -2.47. The fourth-order valence-electron chi connectivity index (χ4n) is 3.77. The average molecular weight is 350 g/mol. The van der Waals surface area contributed by atoms with E-state index in [0.717, 1.165) is 17.9 Å². The fourth-order valence-corrected chi connectivity index (χ4v) is 3.77. The van der Waals surface area contributed by atoms with Gasteiger partial charge in [0.1, 0.15) is 5.75 Å². The number of carbonyl (C=O) groups is 1. The van der Waals surface area contributed by atoms with Crippen LogP contribution in [0.25, 0.3) is 0 Å². The molecule has 0 aromatic heterocycles. The summed E-state index contributed by atoms with van der Waals surface area (Å²) in [7, 11) is 3.63. The summed E-state index contributed by atoms with van der Waals surface area (Å²) in [6, 6.07) is 7.50. The third kappa shape index (κ3) is 4.64. The van der Waals surface area contributed by atoms with E-state index in [2.05, 4.69) is 4.90 Å². The van der Waals surface area contributed by atoms with Crippen LogP contribution in [-0.2, 0) is 6.54 Å². The predicted molar refractivity (Wildman–Crippen MR) is 96.8 cm³/mol. The second-order valence-electron chi connectivity index (χ2n) is 8.04. The monoisotopic (exact) mass is 350 g/mol. The molecule has 0 bridgehead atoms. The van der Waals surface area contributed by atoms with Crippen LogP contribution in [0.15, 0.2) is 24.3 Å². The molecule has 6 nitrogen and oxygen atoms in total. The van der Waals surface area contributed by atoms with Crippen molar-refractivity contribution in [3.8, 4) is 5.75 Å². The van der Waals surface area contributed by atoms with E-state index >= 15 is 0 Å². The van der Waals surface area contributed by atoms with E-state index in [4.69, 9.17) is 4.74 Å². The summed E-state index contributed by atoms with van der Waals surface area (Å²) in [4.78, 5) is 15.1. The molecule has 6 heteroatoms. The summed E-state index contributed by atoms with van der Waals surface area (Å²) in [5.41, 5.74) is 0.847. The van der Waals surface area contributed by atoms with Crippen molar-refractivity contribution in [2.24, 2.45) is 11.3 Å². The van der Waals surface area contributed by atoms with Gasteiger partial charge in [0.25, 0.3) is 0 Å². The van der Waals surface area contributed by atoms with Crippen LogP contribution in [0.3, 0.4) is 0 Å². The summed E-state index contributed by atoms with van der Waals surface area (Å²) in [5.74, 6) is 0.728. The molecule has 0 aliphatic carbocycles. The van der Waals surface area contributed by atoms with E-state index in [9.17, 15) is 15.0 Å². The Morgan fingerprint density at radius 2 is 1.92 bits per heavy atom. The Bertz CT molecular complexity index is 582. The number of nitrogens with zero attached hydrogens (tertiary/aromatic N) is 2. The molecule has 140 valence electrons. The van der Waals surface area contributed by atoms with Crippen LogP contribution in [-0.4, -0.2) is 65.5 Å². The zero-order valence-electron chi connectivity index (χ0n) is 15.8. The summed E-state index contributed by atoms with van der Waals surface area (Å²) >= 11 is 0. The van der Waals surface area contributed by atoms with Crippen LogP contribution in [0.2, 0.25) is 0 Å². The van der Waals surface area contributed by atoms with Crippen molar-refractivity contribution < 1.29 is 19.7 Å². The van der Waals surface area contributed by atoms with Crippen LogP contribution in [0.4, 0.5) is 4.79 Å². The second-order valence-corrected chi connectivity index (χ2v) is 8.04. The second kappa shape index (κ2) is 7.62. The van der Waals surface area contributed by atoms with Crippen molar-refractivity contribution in [3.63, 3.8) is 0 Å². The largest absolute Gasteiger partial charge is 0.497 e. The maximum atomic E-state index is 11.6. The number of benzene rings is 1. The normalized spacial score (nSPS) is 24.0. The van der Waals surface area contributed by atoms with E-state index < -0.39 is 12.2 Å². The van der Waals surface area contributed by atoms with Gasteiger partial charge in [-0.15, -0.1) is 0 Å². The average Bonchev–Trinajstić information content (AvgIpc) is 2.85. The number of methoxy groups -OCH3 is 1. The molecule has 3 unspecified atom stereocenters. The van der Waals surface area contributed by atoms with Gasteiger partial charge in [0.15, 0.2) is 0 Å². The molecule has 2 N–H and O–H groups in total. The molecule has 0 spiro atoms. The molecule has 1 aromatic carbocycles. The minimum atomic E-state index is -0.959. The summed E-state index contributed by atoms with van der Waals surface area (Å²) in [5, 5.41) is 20.2. The van der Waals surface area contributed by atoms with Gasteiger partial charge >= 0.3 is 6.09 Å². The minimum Gasteiger partial charge on any atom is -0.497 e. The highest BCUT2D eigenvalue weighted by molar-refractivity contribution is 5.66. The number of carboxylic acid groups (broad SMARTS) is 1. The van der Waals surface area contributed by atoms with Crippen molar-refractivity contribution in [2.75, 3.05) is 27.2 Å². The molecule has 1 heterocycles. The third-order valence-corrected chi connectivity index (χ3v) is 4.86. The van der Waals surface area contributed by atoms with Crippen molar-refractivity contribution in [2.45, 2.75) is 39.5 Å². The fraction of sp³-hybridized carbons (Fsp3) is 0.632. The van der Waals surface area contributed by atoms with E-state index in [1.54, 1.807) is 7.11 Å². The smallest absolute Gasteiger partial charge is 0.407 e. The summed E-state index contributed by atoms with van der Waals surface area (Å²) < 4.78 is 5.17. The highest BCUT2D eigenvalue weighted by Gasteiger charge is 2.48. The molecule has 0 saturated carbocycles. The Balaban J connectivity index is 2.02. The van der Waals surface area contributed by atoms with Gasteiger partial charge in [0.05, 0.1) is 19.3 Å². The van der Waals surface area contributed by atoms with E-state index in [-0.39, 0.29) is 17.4 Å². The number of hydrogen-bond acceptors (Lipinski definition) is 4. The van der Waals surface area contributed by atoms with Crippen LogP contribution in [0, 0.1) is 11.3 Å². The SMILES string of the molecule is COc1ccc(CN(C)CC2CN(C(=O)O)C(C(C)(C)C)C2O)cc1. The number of ether oxygens (including phenoxy) is 1. The van der Waals surface area contributed by atoms with Crippen LogP contribution >= 0.6 is 0 Å². The standard InChI is InChI=1S/C19H30N2O4/c1-19(2,3)17-16(22)14(12-21(17)18(23)24)11-20(4)10-13-6-8-15(25-5)9-7-13/h6-9,14,16-17,22H,10-12H2,1-5H3,(H,23,24). The first kappa shape index (κ1) is 19.5. The first-order valence-electron chi connectivity index (χ1n) is 8.62. The topological polar surface area (TPSA) is 73.2 Å². The Labute approximate surface area is 150 Å². The zero-order valence-corrected chi connectivity index (χ0v) is 15.8. The predicted octanol–water partition coefficient (Wildman–Crippen LogP) is 2.51. The van der Waals surface area contributed by atoms with Gasteiger partial charge < -0.3 is 24.7 Å². The highest BCUT2D eigenvalue weighted by Crippen LogP contribution is 2.36. The van der Waals surface area contributed by atoms with Crippen LogP contribution in [0.5, 0.6) is 5.75 Å². The molecule has 0 radical (unpaired) electrons. The van der Waals surface area contributed by atoms with E-state index in [0.29, 0.717) is 13.1 Å². The molecular formula is C19H30N2O4. The van der Waals surface area contributed by atoms with Gasteiger partial charge in [-0.25, -0.2) is 4.79 Å². The molecule has 1 fully saturated rings. The van der Waals surface area contributed by atoms with Crippen molar-refractivity contribution >= 4 is 6.09 Å². The minimum absolute atomic E-state index is 0.0939. The lowest BCUT2D eigenvalue weighted by atomic mass is 9.82. The number of aliphatic hydroxyl groups excluding tert-OH is 1. The van der Waals surface area contributed by atoms with Gasteiger partial charge in [-0.2, -0.15) is 0 Å². The molecule has 2 rings (SSSR count). The number of amides is 1. The molecule has 1 saturated heterocycles. The first-order valence-corrected chi connectivity index (χ1v) is 8.62. The lowest BCUT2D eigenvalue weighted by Gasteiger charge is -2.35. The van der Waals surface area contributed by atoms with Gasteiger partial charge in [-0.05, 0) is 30.2 Å². The third-order valence-electron chi connectivity index (χ3n) is 4.86. The molecule has 1 aliphatic heterocycles. The number of rotatable bonds is 5. The molecule has 1 aromatic rings. The number of hydrogen-bond donors (Lipinski definition) is 2. The van der Waals surface area contributed by atoms with Crippen LogP contribution < -0.4 is 4.74 Å². The maximum Gasteiger partial charge on any atom is 0.407 e. The van der Waals surface area contributed by atoms with Gasteiger partial charge in [0.2, 0.25) is 0 Å². The quantitative estimate of drug-likeness (QED) is 0.854. The van der Waals surface area contributed by atoms with Gasteiger partial charge in [-0.3, -0.25) is 0 Å². The molecule has 1 amide bonds. The maximum absolute atomic E-state index is 11.6. The highest BCUT2D eigenvalue weighted by atomic mass is 16.5. The summed E-state index contributed by atoms with van der Waals surface area (Å²) in [6.45, 7) is 7.66. The first-order chi connectivity index (χ1) is 11.6. The Kier molecular flexibility index (Phi) is 5.95. The molecule has 1 aliphatic rings. The zero-order chi connectivity index (χ0) is 18.8. The van der Waals surface area contributed by atoms with Crippen molar-refractivity contribution in [3.05, 3.63) is 29.8 Å². The lowest BCUT2D eigenvalue weighted by molar-refractivity contribution is 0.0311. The van der Waals surface area contributed by atoms with Crippen LogP contribution in [0.1, 0.15) is 26.3 Å². The Hall–Kier alpha value is -1.79. The van der Waals surface area contributed by atoms with Crippen molar-refractivity contribution in [1.29, 1.82) is 0 Å². The van der Waals surface area contributed by atoms with Gasteiger partial charge in [0, 0.05) is 25.6 Å². The van der Waals surface area contributed by atoms with E-state index in [1.807, 2.05) is 52.1 Å². The molecule has 25 heavy (non-hydrogen) atoms. The molecular weight excluding hydrogens is 320 g/mol. The summed E-state index contributed by atoms with van der Waals surface area (Å²) in [6.07, 6.45) is -1.62. The Morgan fingerprint density at radius 3 is 2.36 bits per heavy atom. The Morgan fingerprint density at radius 1 is 1.32 bits per heavy atom. The number of likely N-dealkylation sites (tertiary alicyclic amines) is 1.